The number of unbranched alkanes of at least 4 members (excludes halogenated alkanes) is 1. The summed E-state index contributed by atoms with van der Waals surface area (Å²) in [5.74, 6) is -0.708. The van der Waals surface area contributed by atoms with Crippen LogP contribution >= 0.6 is 0 Å². The minimum Gasteiger partial charge on any atom is -0.347 e. The number of nitrogens with zero attached hydrogens (tertiary/aromatic N) is 1. The average molecular weight is 762 g/mol. The number of nitrogens with one attached hydrogen (secondary N) is 2. The first kappa shape index (κ1) is 36.8. The molecule has 1 aliphatic carbocycles. The van der Waals surface area contributed by atoms with Crippen LogP contribution in [-0.2, 0) is 33.0 Å². The Balaban J connectivity index is 1.11. The topological polar surface area (TPSA) is 80.2 Å². The van der Waals surface area contributed by atoms with Gasteiger partial charge >= 0.3 is 12.4 Å². The molecule has 7 rings (SSSR count). The molecule has 0 aliphatic heterocycles. The van der Waals surface area contributed by atoms with Crippen LogP contribution in [-0.4, -0.2) is 31.6 Å². The van der Waals surface area contributed by atoms with E-state index in [1.807, 2.05) is 41.1 Å². The predicted molar refractivity (Wildman–Crippen MR) is 195 cm³/mol. The highest BCUT2D eigenvalue weighted by atomic mass is 32.2. The summed E-state index contributed by atoms with van der Waals surface area (Å²) in [7, 11) is -4.21. The van der Waals surface area contributed by atoms with Crippen molar-refractivity contribution in [2.24, 2.45) is 0 Å². The Labute approximate surface area is 307 Å². The van der Waals surface area contributed by atoms with Gasteiger partial charge in [0.2, 0.25) is 5.91 Å². The Morgan fingerprint density at radius 3 is 1.93 bits per heavy atom. The van der Waals surface area contributed by atoms with E-state index in [1.54, 1.807) is 48.5 Å². The van der Waals surface area contributed by atoms with E-state index >= 15 is 0 Å². The highest BCUT2D eigenvalue weighted by molar-refractivity contribution is 7.92. The van der Waals surface area contributed by atoms with Crippen LogP contribution in [0.2, 0.25) is 0 Å². The summed E-state index contributed by atoms with van der Waals surface area (Å²) < 4.78 is 111. The maximum atomic E-state index is 13.8. The van der Waals surface area contributed by atoms with Gasteiger partial charge in [-0.1, -0.05) is 84.9 Å². The molecule has 54 heavy (non-hydrogen) atoms. The van der Waals surface area contributed by atoms with Crippen LogP contribution in [0.15, 0.2) is 132 Å². The van der Waals surface area contributed by atoms with Gasteiger partial charge in [0.15, 0.2) is 0 Å². The van der Waals surface area contributed by atoms with Crippen LogP contribution < -0.4 is 10.0 Å². The van der Waals surface area contributed by atoms with Crippen molar-refractivity contribution in [3.05, 3.63) is 144 Å². The van der Waals surface area contributed by atoms with Crippen molar-refractivity contribution in [3.63, 3.8) is 0 Å². The molecule has 0 unspecified atom stereocenters. The Bertz CT molecular complexity index is 2410. The number of hydrogen-bond acceptors (Lipinski definition) is 3. The Hall–Kier alpha value is -5.56. The van der Waals surface area contributed by atoms with Crippen LogP contribution in [0, 0.1) is 0 Å². The molecule has 0 saturated carbocycles. The average Bonchev–Trinajstić information content (AvgIpc) is 3.70. The number of benzene rings is 5. The molecule has 6 aromatic rings. The first-order valence-electron chi connectivity index (χ1n) is 17.1. The van der Waals surface area contributed by atoms with Gasteiger partial charge in [0, 0.05) is 23.7 Å². The number of rotatable bonds is 11. The van der Waals surface area contributed by atoms with Gasteiger partial charge in [-0.15, -0.1) is 0 Å². The van der Waals surface area contributed by atoms with E-state index in [4.69, 9.17) is 0 Å². The highest BCUT2D eigenvalue weighted by Crippen LogP contribution is 2.51. The Morgan fingerprint density at radius 2 is 1.30 bits per heavy atom. The van der Waals surface area contributed by atoms with E-state index in [0.717, 1.165) is 28.8 Å². The second-order valence-electron chi connectivity index (χ2n) is 13.2. The molecule has 2 N–H and O–H groups in total. The van der Waals surface area contributed by atoms with Gasteiger partial charge in [-0.3, -0.25) is 9.52 Å². The Kier molecular flexibility index (Phi) is 9.55. The molecule has 278 valence electrons. The van der Waals surface area contributed by atoms with E-state index in [9.17, 15) is 39.6 Å². The minimum atomic E-state index is -4.58. The smallest absolute Gasteiger partial charge is 0.347 e. The molecule has 0 radical (unpaired) electrons. The van der Waals surface area contributed by atoms with E-state index in [1.165, 1.54) is 30.3 Å². The van der Waals surface area contributed by atoms with E-state index in [0.29, 0.717) is 47.2 Å². The van der Waals surface area contributed by atoms with Crippen LogP contribution in [0.5, 0.6) is 0 Å². The zero-order chi connectivity index (χ0) is 38.3. The number of fused-ring (bicyclic) bond motifs is 4. The van der Waals surface area contributed by atoms with Crippen LogP contribution in [0.1, 0.15) is 36.0 Å². The second kappa shape index (κ2) is 14.0. The molecule has 6 nitrogen and oxygen atoms in total. The fraction of sp³-hybridized carbons (Fsp3) is 0.195. The number of aryl methyl sites for hydroxylation is 1. The predicted octanol–water partition coefficient (Wildman–Crippen LogP) is 9.94. The van der Waals surface area contributed by atoms with Gasteiger partial charge in [-0.25, -0.2) is 8.42 Å². The number of carbonyl (C=O) groups is 1. The number of alkyl halides is 6. The first-order valence-corrected chi connectivity index (χ1v) is 18.6. The summed E-state index contributed by atoms with van der Waals surface area (Å²) in [5.41, 5.74) is 2.34. The fourth-order valence-electron chi connectivity index (χ4n) is 7.44. The largest absolute Gasteiger partial charge is 0.416 e. The zero-order valence-corrected chi connectivity index (χ0v) is 29.3. The van der Waals surface area contributed by atoms with Crippen molar-refractivity contribution in [1.82, 2.24) is 9.88 Å². The molecule has 1 aliphatic rings. The lowest BCUT2D eigenvalue weighted by atomic mass is 9.73. The van der Waals surface area contributed by atoms with Gasteiger partial charge < -0.3 is 9.88 Å². The number of carbonyl (C=O) groups excluding carboxylic acids is 1. The summed E-state index contributed by atoms with van der Waals surface area (Å²) in [4.78, 5) is 13.7. The van der Waals surface area contributed by atoms with Crippen LogP contribution in [0.25, 0.3) is 33.2 Å². The fourth-order valence-corrected chi connectivity index (χ4v) is 8.75. The lowest BCUT2D eigenvalue weighted by Gasteiger charge is -2.31. The Morgan fingerprint density at radius 1 is 0.685 bits per heavy atom. The summed E-state index contributed by atoms with van der Waals surface area (Å²) in [5, 5.41) is 2.76. The molecule has 0 spiro atoms. The molecule has 5 aromatic carbocycles. The third-order valence-electron chi connectivity index (χ3n) is 9.86. The summed E-state index contributed by atoms with van der Waals surface area (Å²) >= 11 is 0. The molecule has 0 saturated heterocycles. The van der Waals surface area contributed by atoms with Crippen LogP contribution in [0.3, 0.4) is 0 Å². The van der Waals surface area contributed by atoms with E-state index in [2.05, 4.69) is 10.0 Å². The lowest BCUT2D eigenvalue weighted by molar-refractivity contribution is -0.141. The lowest BCUT2D eigenvalue weighted by Crippen LogP contribution is -2.47. The van der Waals surface area contributed by atoms with Crippen molar-refractivity contribution in [2.45, 2.75) is 48.5 Å². The van der Waals surface area contributed by atoms with E-state index < -0.39 is 45.8 Å². The number of aromatic nitrogens is 1. The molecule has 1 amide bonds. The number of halogens is 6. The molecule has 0 atom stereocenters. The third-order valence-corrected chi connectivity index (χ3v) is 11.3. The quantitative estimate of drug-likeness (QED) is 0.102. The maximum absolute atomic E-state index is 13.8. The second-order valence-corrected chi connectivity index (χ2v) is 14.8. The minimum absolute atomic E-state index is 0.107. The van der Waals surface area contributed by atoms with Gasteiger partial charge in [-0.2, -0.15) is 26.3 Å². The molecular weight excluding hydrogens is 729 g/mol. The monoisotopic (exact) mass is 761 g/mol. The SMILES string of the molecule is O=C(NCC(F)(F)F)C1(CCCCn2ccc3c(NS(=O)(=O)c4ccccc4-c4ccc(C(F)(F)F)cc4)cccc32)c2ccccc2-c2ccccc21. The maximum Gasteiger partial charge on any atom is 0.416 e. The number of amides is 1. The molecule has 0 bridgehead atoms. The highest BCUT2D eigenvalue weighted by Gasteiger charge is 2.49. The van der Waals surface area contributed by atoms with Gasteiger partial charge in [0.25, 0.3) is 10.0 Å². The molecular formula is C41H33F6N3O3S. The zero-order valence-electron chi connectivity index (χ0n) is 28.5. The summed E-state index contributed by atoms with van der Waals surface area (Å²) in [6, 6.07) is 31.8. The van der Waals surface area contributed by atoms with Crippen molar-refractivity contribution in [3.8, 4) is 22.3 Å². The van der Waals surface area contributed by atoms with Crippen LogP contribution in [0.4, 0.5) is 32.0 Å². The number of hydrogen-bond donors (Lipinski definition) is 2. The number of sulfonamides is 1. The van der Waals surface area contributed by atoms with E-state index in [-0.39, 0.29) is 16.9 Å². The molecule has 1 aromatic heterocycles. The summed E-state index contributed by atoms with van der Waals surface area (Å²) in [6.45, 7) is -0.972. The van der Waals surface area contributed by atoms with Crippen molar-refractivity contribution in [2.75, 3.05) is 11.3 Å². The number of anilines is 1. The van der Waals surface area contributed by atoms with Crippen molar-refractivity contribution in [1.29, 1.82) is 0 Å². The normalized spacial score (nSPS) is 13.7. The van der Waals surface area contributed by atoms with Gasteiger partial charge in [0.1, 0.15) is 12.0 Å². The third kappa shape index (κ3) is 6.95. The molecule has 1 heterocycles. The van der Waals surface area contributed by atoms with Gasteiger partial charge in [0.05, 0.1) is 21.7 Å². The summed E-state index contributed by atoms with van der Waals surface area (Å²) in [6.07, 6.45) is -6.01. The van der Waals surface area contributed by atoms with Crippen molar-refractivity contribution >= 4 is 32.5 Å². The molecule has 0 fully saturated rings. The standard InChI is InChI=1S/C41H33F6N3O3S/c42-40(43,44)26-48-38(51)39(33-13-4-1-11-30(33)31-12-2-5-14-34(31)39)23-7-8-24-50-25-22-32-35(15-9-16-36(32)50)49-54(52,53)37-17-6-3-10-29(37)27-18-20-28(21-19-27)41(45,46)47/h1-6,9-22,25,49H,7-8,23-24,26H2,(H,48,51). The van der Waals surface area contributed by atoms with Crippen molar-refractivity contribution < 1.29 is 39.6 Å². The molecule has 13 heteroatoms. The first-order chi connectivity index (χ1) is 25.7. The van der Waals surface area contributed by atoms with Gasteiger partial charge in [-0.05, 0) is 83.5 Å².